The fraction of sp³-hybridized carbons (Fsp3) is 0.267. The number of para-hydroxylation sites is 2. The Morgan fingerprint density at radius 1 is 0.745 bits per heavy atom. The van der Waals surface area contributed by atoms with Gasteiger partial charge in [0, 0.05) is 34.1 Å². The first-order chi connectivity index (χ1) is 24.3. The average Bonchev–Trinajstić information content (AvgIpc) is 3.46. The molecule has 0 saturated heterocycles. The molecule has 0 unspecified atom stereocenters. The third-order valence-electron chi connectivity index (χ3n) is 9.29. The molecule has 0 aliphatic carbocycles. The molecule has 1 N–H and O–H groups in total. The summed E-state index contributed by atoms with van der Waals surface area (Å²) in [5.41, 5.74) is 8.88. The van der Waals surface area contributed by atoms with Crippen LogP contribution in [-0.2, 0) is 17.3 Å². The summed E-state index contributed by atoms with van der Waals surface area (Å²) in [5, 5.41) is 12.9. The van der Waals surface area contributed by atoms with Gasteiger partial charge in [-0.15, -0.1) is 0 Å². The number of nitrogens with zero attached hydrogens (tertiary/aromatic N) is 4. The number of benzene rings is 4. The molecule has 0 saturated carbocycles. The van der Waals surface area contributed by atoms with Gasteiger partial charge in [-0.1, -0.05) is 97.9 Å². The summed E-state index contributed by atoms with van der Waals surface area (Å²) >= 11 is 0. The van der Waals surface area contributed by atoms with Crippen LogP contribution in [0.2, 0.25) is 0 Å². The minimum Gasteiger partial charge on any atom is -0.507 e. The fourth-order valence-corrected chi connectivity index (χ4v) is 6.72. The lowest BCUT2D eigenvalue weighted by atomic mass is 9.79. The van der Waals surface area contributed by atoms with E-state index in [-0.39, 0.29) is 16.6 Å². The molecule has 0 aliphatic rings. The normalized spacial score (nSPS) is 12.3. The lowest BCUT2D eigenvalue weighted by Crippen LogP contribution is -2.17. The highest BCUT2D eigenvalue weighted by atomic mass is 16.3. The number of pyridine rings is 1. The monoisotopic (exact) mass is 674 g/mol. The molecule has 6 nitrogen and oxygen atoms in total. The molecule has 4 aromatic carbocycles. The van der Waals surface area contributed by atoms with Gasteiger partial charge in [-0.2, -0.15) is 0 Å². The number of fused-ring (bicyclic) bond motifs is 3. The van der Waals surface area contributed by atoms with Gasteiger partial charge in [-0.25, -0.2) is 15.0 Å². The smallest absolute Gasteiger partial charge is 0.180 e. The zero-order valence-electron chi connectivity index (χ0n) is 30.8. The van der Waals surface area contributed by atoms with Crippen LogP contribution in [0.4, 0.5) is 17.2 Å². The Balaban J connectivity index is 1.55. The van der Waals surface area contributed by atoms with E-state index in [2.05, 4.69) is 103 Å². The molecule has 0 aliphatic heterocycles. The number of hydrogen-bond donors (Lipinski definition) is 1. The Labute approximate surface area is 300 Å². The number of phenolic OH excluding ortho intramolecular Hbond substituents is 1. The summed E-state index contributed by atoms with van der Waals surface area (Å²) in [6.07, 6.45) is 2.69. The first-order valence-electron chi connectivity index (χ1n) is 17.8. The van der Waals surface area contributed by atoms with Crippen LogP contribution in [0, 0.1) is 5.92 Å². The van der Waals surface area contributed by atoms with Crippen molar-refractivity contribution >= 4 is 39.3 Å². The van der Waals surface area contributed by atoms with Crippen molar-refractivity contribution in [1.29, 1.82) is 0 Å². The highest BCUT2D eigenvalue weighted by molar-refractivity contribution is 6.07. The highest BCUT2D eigenvalue weighted by Crippen LogP contribution is 2.44. The number of phenols is 1. The number of hydrogen-bond acceptors (Lipinski definition) is 6. The van der Waals surface area contributed by atoms with Gasteiger partial charge in [-0.05, 0) is 95.0 Å². The lowest BCUT2D eigenvalue weighted by Gasteiger charge is -2.27. The van der Waals surface area contributed by atoms with E-state index in [9.17, 15) is 5.11 Å². The third-order valence-corrected chi connectivity index (χ3v) is 9.29. The van der Waals surface area contributed by atoms with Gasteiger partial charge in [0.05, 0.1) is 5.56 Å². The van der Waals surface area contributed by atoms with Crippen LogP contribution in [-0.4, -0.2) is 20.1 Å². The number of aromatic nitrogens is 3. The average molecular weight is 675 g/mol. The van der Waals surface area contributed by atoms with Crippen LogP contribution in [0.15, 0.2) is 114 Å². The molecule has 0 radical (unpaired) electrons. The Morgan fingerprint density at radius 3 is 2.16 bits per heavy atom. The van der Waals surface area contributed by atoms with E-state index in [4.69, 9.17) is 19.4 Å². The summed E-state index contributed by atoms with van der Waals surface area (Å²) in [7, 11) is 0. The maximum Gasteiger partial charge on any atom is 0.180 e. The predicted molar refractivity (Wildman–Crippen MR) is 210 cm³/mol. The second-order valence-corrected chi connectivity index (χ2v) is 15.9. The molecule has 51 heavy (non-hydrogen) atoms. The van der Waals surface area contributed by atoms with Crippen LogP contribution in [0.3, 0.4) is 0 Å². The molecule has 3 aromatic heterocycles. The quantitative estimate of drug-likeness (QED) is 0.181. The number of furan rings is 1. The molecule has 258 valence electrons. The number of anilines is 3. The molecule has 6 heteroatoms. The summed E-state index contributed by atoms with van der Waals surface area (Å²) in [5.74, 6) is 1.90. The van der Waals surface area contributed by atoms with Crippen LogP contribution < -0.4 is 4.90 Å². The largest absolute Gasteiger partial charge is 0.507 e. The van der Waals surface area contributed by atoms with Crippen molar-refractivity contribution in [2.75, 3.05) is 4.90 Å². The topological polar surface area (TPSA) is 75.3 Å². The molecular formula is C45H46N4O2. The maximum atomic E-state index is 12.0. The van der Waals surface area contributed by atoms with E-state index in [0.29, 0.717) is 34.1 Å². The molecule has 0 fully saturated rings. The zero-order chi connectivity index (χ0) is 36.1. The Kier molecular flexibility index (Phi) is 8.66. The zero-order valence-corrected chi connectivity index (χ0v) is 30.8. The summed E-state index contributed by atoms with van der Waals surface area (Å²) in [6.45, 7) is 17.4. The van der Waals surface area contributed by atoms with Crippen molar-refractivity contribution in [2.45, 2.75) is 72.6 Å². The van der Waals surface area contributed by atoms with Crippen molar-refractivity contribution < 1.29 is 9.52 Å². The van der Waals surface area contributed by atoms with Gasteiger partial charge in [0.2, 0.25) is 0 Å². The van der Waals surface area contributed by atoms with Crippen LogP contribution in [0.5, 0.6) is 5.75 Å². The molecule has 0 bridgehead atoms. The van der Waals surface area contributed by atoms with E-state index in [1.807, 2.05) is 66.9 Å². The minimum absolute atomic E-state index is 0.163. The van der Waals surface area contributed by atoms with Crippen LogP contribution in [0.25, 0.3) is 44.7 Å². The van der Waals surface area contributed by atoms with E-state index in [0.717, 1.165) is 51.3 Å². The number of rotatable bonds is 7. The summed E-state index contributed by atoms with van der Waals surface area (Å²) < 4.78 is 6.59. The minimum atomic E-state index is -0.304. The SMILES string of the molecule is CC(C)Cc1cc(-c2nc(-c3cc(C(C)(C)C)cc(C(C)(C)C)c3O)nc3c2oc2ccccc23)cc(N(c2ccccc2)c2ccccn2)c1. The Bertz CT molecular complexity index is 2310. The van der Waals surface area contributed by atoms with Gasteiger partial charge < -0.3 is 9.52 Å². The van der Waals surface area contributed by atoms with E-state index < -0.39 is 0 Å². The molecule has 7 aromatic rings. The van der Waals surface area contributed by atoms with E-state index >= 15 is 0 Å². The second kappa shape index (κ2) is 13.0. The second-order valence-electron chi connectivity index (χ2n) is 15.9. The van der Waals surface area contributed by atoms with Gasteiger partial charge in [-0.3, -0.25) is 4.90 Å². The van der Waals surface area contributed by atoms with Crippen LogP contribution >= 0.6 is 0 Å². The van der Waals surface area contributed by atoms with Crippen LogP contribution in [0.1, 0.15) is 72.1 Å². The molecule has 0 amide bonds. The van der Waals surface area contributed by atoms with Crippen molar-refractivity contribution in [3.63, 3.8) is 0 Å². The van der Waals surface area contributed by atoms with Gasteiger partial charge in [0.15, 0.2) is 11.4 Å². The van der Waals surface area contributed by atoms with E-state index in [1.54, 1.807) is 0 Å². The van der Waals surface area contributed by atoms with Crippen molar-refractivity contribution in [1.82, 2.24) is 15.0 Å². The first kappa shape index (κ1) is 34.0. The maximum absolute atomic E-state index is 12.0. The highest BCUT2D eigenvalue weighted by Gasteiger charge is 2.28. The van der Waals surface area contributed by atoms with Crippen molar-refractivity contribution in [3.8, 4) is 28.4 Å². The first-order valence-corrected chi connectivity index (χ1v) is 17.8. The molecule has 0 atom stereocenters. The van der Waals surface area contributed by atoms with E-state index in [1.165, 1.54) is 5.56 Å². The molecule has 3 heterocycles. The molecule has 7 rings (SSSR count). The van der Waals surface area contributed by atoms with Crippen molar-refractivity contribution in [3.05, 3.63) is 126 Å². The fourth-order valence-electron chi connectivity index (χ4n) is 6.72. The number of aromatic hydroxyl groups is 1. The summed E-state index contributed by atoms with van der Waals surface area (Å²) in [4.78, 5) is 17.4. The van der Waals surface area contributed by atoms with Gasteiger partial charge >= 0.3 is 0 Å². The Hall–Kier alpha value is -5.49. The van der Waals surface area contributed by atoms with Crippen molar-refractivity contribution in [2.24, 2.45) is 5.92 Å². The predicted octanol–water partition coefficient (Wildman–Crippen LogP) is 12.1. The third kappa shape index (κ3) is 6.71. The lowest BCUT2D eigenvalue weighted by molar-refractivity contribution is 0.446. The van der Waals surface area contributed by atoms with Gasteiger partial charge in [0.25, 0.3) is 0 Å². The Morgan fingerprint density at radius 2 is 1.47 bits per heavy atom. The molecule has 0 spiro atoms. The van der Waals surface area contributed by atoms with Gasteiger partial charge in [0.1, 0.15) is 28.4 Å². The molecular weight excluding hydrogens is 629 g/mol. The summed E-state index contributed by atoms with van der Waals surface area (Å²) in [6, 6.07) is 35.1. The standard InChI is InChI=1S/C45H46N4O2/c1-28(2)22-29-23-30(25-33(24-29)49(32-16-10-9-11-17-32)38-20-14-15-21-46-38)39-42-40(34-18-12-13-19-37(34)51-42)48-43(47-39)35-26-31(44(3,4)5)27-36(41(35)50)45(6,7)8/h9-21,23-28,50H,22H2,1-8H3.